The van der Waals surface area contributed by atoms with Crippen molar-refractivity contribution < 1.29 is 0 Å². The summed E-state index contributed by atoms with van der Waals surface area (Å²) in [4.78, 5) is 4.57. The Balaban J connectivity index is 1.70. The molecule has 1 aromatic heterocycles. The Morgan fingerprint density at radius 2 is 2.29 bits per heavy atom. The van der Waals surface area contributed by atoms with Crippen LogP contribution >= 0.6 is 12.2 Å². The Bertz CT molecular complexity index is 450. The van der Waals surface area contributed by atoms with Gasteiger partial charge < -0.3 is 11.1 Å². The van der Waals surface area contributed by atoms with Gasteiger partial charge in [-0.25, -0.2) is 0 Å². The van der Waals surface area contributed by atoms with Crippen molar-refractivity contribution in [2.45, 2.75) is 25.7 Å². The van der Waals surface area contributed by atoms with Crippen LogP contribution in [0.4, 0.5) is 5.69 Å². The third-order valence-corrected chi connectivity index (χ3v) is 4.27. The van der Waals surface area contributed by atoms with Gasteiger partial charge in [0, 0.05) is 18.3 Å². The molecule has 3 nitrogen and oxygen atoms in total. The van der Waals surface area contributed by atoms with E-state index >= 15 is 0 Å². The van der Waals surface area contributed by atoms with Crippen LogP contribution < -0.4 is 11.1 Å². The Hall–Kier alpha value is -1.16. The van der Waals surface area contributed by atoms with Crippen LogP contribution in [0.15, 0.2) is 18.5 Å². The van der Waals surface area contributed by atoms with Gasteiger partial charge in [-0.1, -0.05) is 12.2 Å². The minimum atomic E-state index is 0.436. The van der Waals surface area contributed by atoms with E-state index in [0.717, 1.165) is 23.7 Å². The van der Waals surface area contributed by atoms with Gasteiger partial charge in [0.1, 0.15) is 4.99 Å². The van der Waals surface area contributed by atoms with E-state index in [1.54, 1.807) is 6.20 Å². The molecule has 0 aromatic carbocycles. The average molecular weight is 247 g/mol. The lowest BCUT2D eigenvalue weighted by Gasteiger charge is -2.17. The monoisotopic (exact) mass is 247 g/mol. The molecule has 0 amide bonds. The molecule has 2 aliphatic carbocycles. The number of rotatable bonds is 5. The Kier molecular flexibility index (Phi) is 2.54. The van der Waals surface area contributed by atoms with E-state index in [2.05, 4.69) is 10.3 Å². The maximum Gasteiger partial charge on any atom is 0.106 e. The third-order valence-electron chi connectivity index (χ3n) is 4.05. The number of aromatic nitrogens is 1. The van der Waals surface area contributed by atoms with Crippen molar-refractivity contribution in [3.8, 4) is 0 Å². The van der Waals surface area contributed by atoms with Crippen LogP contribution in [0, 0.1) is 11.3 Å². The van der Waals surface area contributed by atoms with Crippen LogP contribution in [0.2, 0.25) is 0 Å². The molecule has 0 radical (unpaired) electrons. The van der Waals surface area contributed by atoms with Crippen molar-refractivity contribution in [1.29, 1.82) is 0 Å². The Morgan fingerprint density at radius 3 is 2.88 bits per heavy atom. The molecule has 17 heavy (non-hydrogen) atoms. The molecule has 0 atom stereocenters. The van der Waals surface area contributed by atoms with E-state index < -0.39 is 0 Å². The summed E-state index contributed by atoms with van der Waals surface area (Å²) in [5.41, 5.74) is 8.16. The second-order valence-electron chi connectivity index (χ2n) is 5.28. The molecule has 2 aliphatic rings. The zero-order valence-electron chi connectivity index (χ0n) is 9.78. The van der Waals surface area contributed by atoms with Crippen molar-refractivity contribution >= 4 is 22.9 Å². The lowest BCUT2D eigenvalue weighted by molar-refractivity contribution is 0.467. The van der Waals surface area contributed by atoms with Gasteiger partial charge in [0.15, 0.2) is 0 Å². The summed E-state index contributed by atoms with van der Waals surface area (Å²) >= 11 is 5.05. The Labute approximate surface area is 107 Å². The maximum atomic E-state index is 5.71. The molecule has 0 aliphatic heterocycles. The average Bonchev–Trinajstić information content (AvgIpc) is 3.17. The summed E-state index contributed by atoms with van der Waals surface area (Å²) in [6, 6.07) is 1.88. The van der Waals surface area contributed by atoms with Crippen LogP contribution in [-0.4, -0.2) is 16.5 Å². The number of nitrogens with one attached hydrogen (secondary N) is 1. The molecule has 1 aromatic rings. The minimum Gasteiger partial charge on any atom is -0.389 e. The van der Waals surface area contributed by atoms with E-state index in [9.17, 15) is 0 Å². The number of thiocarbonyl (C=S) groups is 1. The molecular weight excluding hydrogens is 230 g/mol. The highest BCUT2D eigenvalue weighted by Crippen LogP contribution is 2.61. The molecule has 90 valence electrons. The molecule has 0 spiro atoms. The fourth-order valence-corrected chi connectivity index (χ4v) is 2.79. The number of pyridine rings is 1. The molecule has 2 fully saturated rings. The van der Waals surface area contributed by atoms with Crippen molar-refractivity contribution in [3.05, 3.63) is 24.0 Å². The van der Waals surface area contributed by atoms with E-state index in [1.165, 1.54) is 25.7 Å². The number of nitrogens with zero attached hydrogens (tertiary/aromatic N) is 1. The van der Waals surface area contributed by atoms with Crippen LogP contribution in [0.5, 0.6) is 0 Å². The first-order valence-electron chi connectivity index (χ1n) is 6.19. The highest BCUT2D eigenvalue weighted by atomic mass is 32.1. The largest absolute Gasteiger partial charge is 0.389 e. The SMILES string of the molecule is NC(=S)c1ccncc1NCC1(C2CC2)CC1. The fraction of sp³-hybridized carbons (Fsp3) is 0.538. The molecule has 3 N–H and O–H groups in total. The molecular formula is C13H17N3S. The van der Waals surface area contributed by atoms with E-state index in [1.807, 2.05) is 12.3 Å². The van der Waals surface area contributed by atoms with Crippen LogP contribution in [0.1, 0.15) is 31.2 Å². The molecule has 4 heteroatoms. The first-order valence-corrected chi connectivity index (χ1v) is 6.60. The van der Waals surface area contributed by atoms with E-state index in [-0.39, 0.29) is 0 Å². The van der Waals surface area contributed by atoms with Crippen molar-refractivity contribution in [2.24, 2.45) is 17.1 Å². The van der Waals surface area contributed by atoms with Crippen molar-refractivity contribution in [2.75, 3.05) is 11.9 Å². The summed E-state index contributed by atoms with van der Waals surface area (Å²) in [6.07, 6.45) is 9.11. The normalized spacial score (nSPS) is 20.9. The highest BCUT2D eigenvalue weighted by molar-refractivity contribution is 7.80. The van der Waals surface area contributed by atoms with Gasteiger partial charge in [-0.2, -0.15) is 0 Å². The van der Waals surface area contributed by atoms with Gasteiger partial charge in [0.2, 0.25) is 0 Å². The van der Waals surface area contributed by atoms with E-state index in [4.69, 9.17) is 18.0 Å². The predicted octanol–water partition coefficient (Wildman–Crippen LogP) is 2.32. The summed E-state index contributed by atoms with van der Waals surface area (Å²) in [5, 5.41) is 3.49. The molecule has 0 saturated heterocycles. The van der Waals surface area contributed by atoms with Crippen molar-refractivity contribution in [3.63, 3.8) is 0 Å². The van der Waals surface area contributed by atoms with Gasteiger partial charge >= 0.3 is 0 Å². The van der Waals surface area contributed by atoms with Gasteiger partial charge in [-0.3, -0.25) is 4.98 Å². The van der Waals surface area contributed by atoms with E-state index in [0.29, 0.717) is 10.4 Å². The minimum absolute atomic E-state index is 0.436. The first-order chi connectivity index (χ1) is 8.21. The number of hydrogen-bond acceptors (Lipinski definition) is 3. The second kappa shape index (κ2) is 3.95. The quantitative estimate of drug-likeness (QED) is 0.784. The molecule has 2 saturated carbocycles. The number of anilines is 1. The lowest BCUT2D eigenvalue weighted by Crippen LogP contribution is -2.20. The standard InChI is InChI=1S/C13H17N3S/c14-12(17)10-3-6-15-7-11(10)16-8-13(4-5-13)9-1-2-9/h3,6-7,9,16H,1-2,4-5,8H2,(H2,14,17). The predicted molar refractivity (Wildman–Crippen MR) is 73.0 cm³/mol. The summed E-state index contributed by atoms with van der Waals surface area (Å²) in [5.74, 6) is 0.958. The third kappa shape index (κ3) is 2.14. The zero-order chi connectivity index (χ0) is 11.9. The molecule has 0 unspecified atom stereocenters. The smallest absolute Gasteiger partial charge is 0.106 e. The Morgan fingerprint density at radius 1 is 1.53 bits per heavy atom. The van der Waals surface area contributed by atoms with Gasteiger partial charge in [0.25, 0.3) is 0 Å². The first kappa shape index (κ1) is 11.0. The van der Waals surface area contributed by atoms with Gasteiger partial charge in [0.05, 0.1) is 11.9 Å². The number of hydrogen-bond donors (Lipinski definition) is 2. The topological polar surface area (TPSA) is 50.9 Å². The zero-order valence-corrected chi connectivity index (χ0v) is 10.6. The number of nitrogens with two attached hydrogens (primary N) is 1. The molecule has 1 heterocycles. The molecule has 0 bridgehead atoms. The van der Waals surface area contributed by atoms with Gasteiger partial charge in [-0.05, 0) is 43.1 Å². The molecule has 3 rings (SSSR count). The van der Waals surface area contributed by atoms with Crippen LogP contribution in [0.3, 0.4) is 0 Å². The summed E-state index contributed by atoms with van der Waals surface area (Å²) in [7, 11) is 0. The second-order valence-corrected chi connectivity index (χ2v) is 5.72. The van der Waals surface area contributed by atoms with Crippen LogP contribution in [0.25, 0.3) is 0 Å². The maximum absolute atomic E-state index is 5.71. The van der Waals surface area contributed by atoms with Gasteiger partial charge in [-0.15, -0.1) is 0 Å². The summed E-state index contributed by atoms with van der Waals surface area (Å²) in [6.45, 7) is 1.04. The fourth-order valence-electron chi connectivity index (χ4n) is 2.61. The summed E-state index contributed by atoms with van der Waals surface area (Å²) < 4.78 is 0. The van der Waals surface area contributed by atoms with Crippen LogP contribution in [-0.2, 0) is 0 Å². The highest BCUT2D eigenvalue weighted by Gasteiger charge is 2.53. The van der Waals surface area contributed by atoms with Crippen molar-refractivity contribution in [1.82, 2.24) is 4.98 Å². The lowest BCUT2D eigenvalue weighted by atomic mass is 10.0.